The number of hydrogen-bond acceptors (Lipinski definition) is 3. The van der Waals surface area contributed by atoms with E-state index < -0.39 is 0 Å². The Morgan fingerprint density at radius 3 is 2.76 bits per heavy atom. The molecule has 1 unspecified atom stereocenters. The molecule has 1 atom stereocenters. The molecule has 3 rings (SSSR count). The van der Waals surface area contributed by atoms with E-state index in [9.17, 15) is 4.39 Å². The minimum Gasteiger partial charge on any atom is -0.369 e. The van der Waals surface area contributed by atoms with Gasteiger partial charge in [-0.1, -0.05) is 35.9 Å². The molecular weight excluding hydrogens is 289 g/mol. The molecule has 2 aromatic rings. The summed E-state index contributed by atoms with van der Waals surface area (Å²) in [6.45, 7) is 2.23. The molecule has 0 bridgehead atoms. The van der Waals surface area contributed by atoms with Crippen LogP contribution in [0, 0.1) is 12.7 Å². The first kappa shape index (κ1) is 13.9. The Kier molecular flexibility index (Phi) is 3.55. The fourth-order valence-electron chi connectivity index (χ4n) is 2.51. The molecule has 0 radical (unpaired) electrons. The van der Waals surface area contributed by atoms with E-state index in [0.29, 0.717) is 23.1 Å². The SMILES string of the molecule is Cc1ccc(C2CN=C(N)N2c2ccccc2Cl)cc1F. The first-order chi connectivity index (χ1) is 10.1. The number of aryl methyl sites for hydroxylation is 1. The van der Waals surface area contributed by atoms with Crippen LogP contribution in [0.15, 0.2) is 47.5 Å². The van der Waals surface area contributed by atoms with Gasteiger partial charge in [-0.05, 0) is 36.2 Å². The molecule has 0 aromatic heterocycles. The van der Waals surface area contributed by atoms with Gasteiger partial charge in [0.05, 0.1) is 23.3 Å². The number of rotatable bonds is 2. The first-order valence-corrected chi connectivity index (χ1v) is 7.05. The van der Waals surface area contributed by atoms with Crippen molar-refractivity contribution in [2.75, 3.05) is 11.4 Å². The normalized spacial score (nSPS) is 18.0. The molecule has 1 heterocycles. The van der Waals surface area contributed by atoms with E-state index in [1.165, 1.54) is 6.07 Å². The molecule has 0 saturated heterocycles. The van der Waals surface area contributed by atoms with Crippen molar-refractivity contribution in [3.8, 4) is 0 Å². The maximum absolute atomic E-state index is 13.8. The molecule has 21 heavy (non-hydrogen) atoms. The maximum atomic E-state index is 13.8. The van der Waals surface area contributed by atoms with Crippen LogP contribution in [0.25, 0.3) is 0 Å². The molecule has 0 spiro atoms. The largest absolute Gasteiger partial charge is 0.369 e. The second-order valence-corrected chi connectivity index (χ2v) is 5.45. The topological polar surface area (TPSA) is 41.6 Å². The summed E-state index contributed by atoms with van der Waals surface area (Å²) in [4.78, 5) is 6.14. The standard InChI is InChI=1S/C16H15ClFN3/c1-10-6-7-11(8-13(10)18)15-9-20-16(19)21(15)14-5-3-2-4-12(14)17/h2-8,15H,9H2,1H3,(H2,19,20). The maximum Gasteiger partial charge on any atom is 0.196 e. The smallest absolute Gasteiger partial charge is 0.196 e. The fraction of sp³-hybridized carbons (Fsp3) is 0.188. The summed E-state index contributed by atoms with van der Waals surface area (Å²) in [5, 5.41) is 0.593. The van der Waals surface area contributed by atoms with Crippen LogP contribution in [0.2, 0.25) is 5.02 Å². The first-order valence-electron chi connectivity index (χ1n) is 6.67. The number of nitrogens with two attached hydrogens (primary N) is 1. The van der Waals surface area contributed by atoms with Crippen molar-refractivity contribution in [2.24, 2.45) is 10.7 Å². The second kappa shape index (κ2) is 5.37. The Morgan fingerprint density at radius 2 is 2.05 bits per heavy atom. The lowest BCUT2D eigenvalue weighted by atomic mass is 10.0. The van der Waals surface area contributed by atoms with E-state index in [4.69, 9.17) is 17.3 Å². The van der Waals surface area contributed by atoms with E-state index >= 15 is 0 Å². The minimum absolute atomic E-state index is 0.139. The van der Waals surface area contributed by atoms with Gasteiger partial charge in [0.1, 0.15) is 5.82 Å². The van der Waals surface area contributed by atoms with Crippen molar-refractivity contribution in [3.05, 3.63) is 64.4 Å². The highest BCUT2D eigenvalue weighted by atomic mass is 35.5. The van der Waals surface area contributed by atoms with Gasteiger partial charge in [0.15, 0.2) is 5.96 Å². The van der Waals surface area contributed by atoms with Crippen LogP contribution in [0.4, 0.5) is 10.1 Å². The van der Waals surface area contributed by atoms with Crippen LogP contribution in [0.1, 0.15) is 17.2 Å². The highest BCUT2D eigenvalue weighted by Gasteiger charge is 2.30. The zero-order valence-electron chi connectivity index (χ0n) is 11.6. The lowest BCUT2D eigenvalue weighted by Gasteiger charge is -2.27. The number of guanidine groups is 1. The Labute approximate surface area is 127 Å². The number of hydrogen-bond donors (Lipinski definition) is 1. The van der Waals surface area contributed by atoms with Gasteiger partial charge in [0, 0.05) is 0 Å². The average molecular weight is 304 g/mol. The quantitative estimate of drug-likeness (QED) is 0.920. The molecule has 1 aliphatic rings. The number of aliphatic imine (C=N–C) groups is 1. The third-order valence-corrected chi connectivity index (χ3v) is 4.00. The predicted octanol–water partition coefficient (Wildman–Crippen LogP) is 3.66. The third-order valence-electron chi connectivity index (χ3n) is 3.68. The molecule has 0 fully saturated rings. The number of benzene rings is 2. The van der Waals surface area contributed by atoms with Gasteiger partial charge in [-0.2, -0.15) is 0 Å². The van der Waals surface area contributed by atoms with Crippen molar-refractivity contribution in [1.82, 2.24) is 0 Å². The second-order valence-electron chi connectivity index (χ2n) is 5.04. The third kappa shape index (κ3) is 2.47. The van der Waals surface area contributed by atoms with Crippen LogP contribution in [0.3, 0.4) is 0 Å². The number of para-hydroxylation sites is 1. The van der Waals surface area contributed by atoms with E-state index in [0.717, 1.165) is 11.3 Å². The van der Waals surface area contributed by atoms with E-state index in [2.05, 4.69) is 4.99 Å². The molecule has 0 saturated carbocycles. The minimum atomic E-state index is -0.225. The van der Waals surface area contributed by atoms with Gasteiger partial charge in [0.25, 0.3) is 0 Å². The van der Waals surface area contributed by atoms with E-state index in [-0.39, 0.29) is 11.9 Å². The van der Waals surface area contributed by atoms with Gasteiger partial charge >= 0.3 is 0 Å². The summed E-state index contributed by atoms with van der Waals surface area (Å²) in [6.07, 6.45) is 0. The molecule has 1 aliphatic heterocycles. The molecule has 3 nitrogen and oxygen atoms in total. The van der Waals surface area contributed by atoms with Gasteiger partial charge in [0.2, 0.25) is 0 Å². The Hall–Kier alpha value is -2.07. The predicted molar refractivity (Wildman–Crippen MR) is 84.3 cm³/mol. The highest BCUT2D eigenvalue weighted by Crippen LogP contribution is 2.35. The van der Waals surface area contributed by atoms with Crippen molar-refractivity contribution < 1.29 is 4.39 Å². The van der Waals surface area contributed by atoms with Gasteiger partial charge in [-0.25, -0.2) is 4.39 Å². The molecule has 2 N–H and O–H groups in total. The summed E-state index contributed by atoms with van der Waals surface area (Å²) in [5.41, 5.74) is 8.24. The molecule has 5 heteroatoms. The summed E-state index contributed by atoms with van der Waals surface area (Å²) in [7, 11) is 0. The van der Waals surface area contributed by atoms with Crippen molar-refractivity contribution in [3.63, 3.8) is 0 Å². The van der Waals surface area contributed by atoms with Crippen LogP contribution in [-0.2, 0) is 0 Å². The Bertz CT molecular complexity index is 714. The van der Waals surface area contributed by atoms with E-state index in [1.807, 2.05) is 29.2 Å². The monoisotopic (exact) mass is 303 g/mol. The van der Waals surface area contributed by atoms with Crippen molar-refractivity contribution in [2.45, 2.75) is 13.0 Å². The molecule has 2 aromatic carbocycles. The molecular formula is C16H15ClFN3. The van der Waals surface area contributed by atoms with Gasteiger partial charge in [-0.3, -0.25) is 4.99 Å². The van der Waals surface area contributed by atoms with Gasteiger partial charge < -0.3 is 10.6 Å². The van der Waals surface area contributed by atoms with Crippen LogP contribution in [-0.4, -0.2) is 12.5 Å². The summed E-state index contributed by atoms with van der Waals surface area (Å²) < 4.78 is 13.8. The van der Waals surface area contributed by atoms with E-state index in [1.54, 1.807) is 19.1 Å². The molecule has 0 amide bonds. The van der Waals surface area contributed by atoms with Crippen LogP contribution >= 0.6 is 11.6 Å². The zero-order chi connectivity index (χ0) is 15.0. The summed E-state index contributed by atoms with van der Waals surface area (Å²) >= 11 is 6.25. The van der Waals surface area contributed by atoms with Crippen LogP contribution < -0.4 is 10.6 Å². The van der Waals surface area contributed by atoms with Gasteiger partial charge in [-0.15, -0.1) is 0 Å². The number of halogens is 2. The number of anilines is 1. The van der Waals surface area contributed by atoms with Crippen molar-refractivity contribution in [1.29, 1.82) is 0 Å². The fourth-order valence-corrected chi connectivity index (χ4v) is 2.73. The molecule has 0 aliphatic carbocycles. The molecule has 108 valence electrons. The van der Waals surface area contributed by atoms with Crippen LogP contribution in [0.5, 0.6) is 0 Å². The summed E-state index contributed by atoms with van der Waals surface area (Å²) in [5.74, 6) is 0.172. The zero-order valence-corrected chi connectivity index (χ0v) is 12.3. The highest BCUT2D eigenvalue weighted by molar-refractivity contribution is 6.33. The Balaban J connectivity index is 2.03. The Morgan fingerprint density at radius 1 is 1.29 bits per heavy atom. The average Bonchev–Trinajstić information content (AvgIpc) is 2.84. The lowest BCUT2D eigenvalue weighted by Crippen LogP contribution is -2.36. The number of nitrogens with zero attached hydrogens (tertiary/aromatic N) is 2. The van der Waals surface area contributed by atoms with Crippen molar-refractivity contribution >= 4 is 23.2 Å². The summed E-state index contributed by atoms with van der Waals surface area (Å²) in [6, 6.07) is 12.5. The lowest BCUT2D eigenvalue weighted by molar-refractivity contribution is 0.612.